The third kappa shape index (κ3) is 4.40. The van der Waals surface area contributed by atoms with Gasteiger partial charge in [-0.05, 0) is 5.51 Å². The Morgan fingerprint density at radius 2 is 2.29 bits per heavy atom. The second kappa shape index (κ2) is 6.54. The number of hydrogen-bond donors (Lipinski definition) is 0. The molecule has 7 heavy (non-hydrogen) atoms. The van der Waals surface area contributed by atoms with E-state index in [1.54, 1.807) is 6.20 Å². The fourth-order valence-electron chi connectivity index (χ4n) is 0.152. The Bertz CT molecular complexity index is 71.4. The van der Waals surface area contributed by atoms with E-state index in [-0.39, 0.29) is 31.9 Å². The molecule has 0 saturated carbocycles. The van der Waals surface area contributed by atoms with Crippen LogP contribution in [0.2, 0.25) is 0 Å². The Hall–Kier alpha value is 0.543. The molecular weight excluding hydrogens is 183 g/mol. The topological polar surface area (TPSA) is 12.9 Å². The zero-order valence-corrected chi connectivity index (χ0v) is 8.23. The van der Waals surface area contributed by atoms with Crippen LogP contribution in [-0.4, -0.2) is 4.98 Å². The minimum absolute atomic E-state index is 0. The largest absolute Gasteiger partial charge is 0.394 e. The molecule has 0 aliphatic rings. The molecule has 1 aromatic heterocycles. The number of hydrogen-bond acceptors (Lipinski definition) is 2. The van der Waals surface area contributed by atoms with Gasteiger partial charge in [-0.15, -0.1) is 24.0 Å². The summed E-state index contributed by atoms with van der Waals surface area (Å²) < 4.78 is 0. The summed E-state index contributed by atoms with van der Waals surface area (Å²) in [7, 11) is 0. The maximum Gasteiger partial charge on any atom is 0 e. The van der Waals surface area contributed by atoms with Crippen molar-refractivity contribution in [1.29, 1.82) is 0 Å². The van der Waals surface area contributed by atoms with Crippen LogP contribution in [0.1, 0.15) is 0 Å². The molecule has 0 bridgehead atoms. The summed E-state index contributed by atoms with van der Waals surface area (Å²) in [5.41, 5.74) is 2.65. The van der Waals surface area contributed by atoms with E-state index in [9.17, 15) is 0 Å². The first kappa shape index (κ1) is 10.5. The molecule has 0 saturated heterocycles. The van der Waals surface area contributed by atoms with Crippen molar-refractivity contribution in [1.82, 2.24) is 4.98 Å². The molecule has 0 atom stereocenters. The zero-order valence-electron chi connectivity index (χ0n) is 3.63. The molecular formula is C3H3ClNSZn-. The van der Waals surface area contributed by atoms with Crippen LogP contribution in [0.25, 0.3) is 0 Å². The van der Waals surface area contributed by atoms with Crippen molar-refractivity contribution >= 4 is 23.7 Å². The van der Waals surface area contributed by atoms with E-state index in [4.69, 9.17) is 0 Å². The molecule has 0 unspecified atom stereocenters. The van der Waals surface area contributed by atoms with Crippen LogP contribution in [0, 0.1) is 5.51 Å². The van der Waals surface area contributed by atoms with Crippen LogP contribution in [0.3, 0.4) is 0 Å². The number of rotatable bonds is 0. The van der Waals surface area contributed by atoms with E-state index in [0.29, 0.717) is 0 Å². The first-order valence-corrected chi connectivity index (χ1v) is 2.13. The average Bonchev–Trinajstić information content (AvgIpc) is 1.76. The quantitative estimate of drug-likeness (QED) is 0.440. The fourth-order valence-corrected chi connectivity index (χ4v) is 0.456. The van der Waals surface area contributed by atoms with Crippen molar-refractivity contribution < 1.29 is 19.5 Å². The molecule has 0 fully saturated rings. The summed E-state index contributed by atoms with van der Waals surface area (Å²) >= 11 is 1.48. The van der Waals surface area contributed by atoms with E-state index in [2.05, 4.69) is 10.5 Å². The molecule has 0 spiro atoms. The number of halogens is 1. The van der Waals surface area contributed by atoms with Gasteiger partial charge in [-0.3, -0.25) is 11.3 Å². The second-order valence-electron chi connectivity index (χ2n) is 0.623. The first-order chi connectivity index (χ1) is 2.50. The summed E-state index contributed by atoms with van der Waals surface area (Å²) in [6, 6.07) is 0. The number of aromatic nitrogens is 1. The van der Waals surface area contributed by atoms with E-state index >= 15 is 0 Å². The molecule has 0 aromatic carbocycles. The Balaban J connectivity index is 0. The van der Waals surface area contributed by atoms with Crippen molar-refractivity contribution in [2.45, 2.75) is 0 Å². The summed E-state index contributed by atoms with van der Waals surface area (Å²) in [5.74, 6) is 0. The molecule has 1 heterocycles. The Kier molecular flexibility index (Phi) is 9.82. The van der Waals surface area contributed by atoms with Gasteiger partial charge >= 0.3 is 0 Å². The molecule has 0 aliphatic heterocycles. The third-order valence-corrected chi connectivity index (χ3v) is 0.777. The fraction of sp³-hybridized carbons (Fsp3) is 0. The van der Waals surface area contributed by atoms with Crippen molar-refractivity contribution in [3.05, 3.63) is 17.1 Å². The molecule has 1 rings (SSSR count). The summed E-state index contributed by atoms with van der Waals surface area (Å²) in [6.07, 6.45) is 1.71. The van der Waals surface area contributed by atoms with Crippen LogP contribution in [0.4, 0.5) is 0 Å². The Labute approximate surface area is 65.3 Å². The van der Waals surface area contributed by atoms with E-state index in [1.807, 2.05) is 5.38 Å². The standard InChI is InChI=1S/C3H2NS.ClH.Zn/c1-2-5-3-4-1;;/h1-2H;1H;/q-1;;. The van der Waals surface area contributed by atoms with E-state index in [0.717, 1.165) is 0 Å². The van der Waals surface area contributed by atoms with Gasteiger partial charge in [0.15, 0.2) is 0 Å². The minimum atomic E-state index is 0. The van der Waals surface area contributed by atoms with Crippen LogP contribution >= 0.6 is 23.7 Å². The number of thiazole rings is 1. The van der Waals surface area contributed by atoms with Gasteiger partial charge in [-0.25, -0.2) is 0 Å². The Morgan fingerprint density at radius 3 is 2.43 bits per heavy atom. The monoisotopic (exact) mass is 184 g/mol. The van der Waals surface area contributed by atoms with Crippen LogP contribution < -0.4 is 0 Å². The van der Waals surface area contributed by atoms with Gasteiger partial charge in [0.2, 0.25) is 0 Å². The van der Waals surface area contributed by atoms with E-state index < -0.39 is 0 Å². The minimum Gasteiger partial charge on any atom is -0.394 e. The third-order valence-electron chi connectivity index (χ3n) is 0.309. The van der Waals surface area contributed by atoms with Gasteiger partial charge < -0.3 is 4.98 Å². The van der Waals surface area contributed by atoms with Gasteiger partial charge in [-0.2, -0.15) is 0 Å². The average molecular weight is 186 g/mol. The van der Waals surface area contributed by atoms with Crippen molar-refractivity contribution in [3.8, 4) is 0 Å². The predicted molar refractivity (Wildman–Crippen MR) is 28.2 cm³/mol. The smallest absolute Gasteiger partial charge is 0 e. The summed E-state index contributed by atoms with van der Waals surface area (Å²) in [4.78, 5) is 3.62. The Morgan fingerprint density at radius 1 is 1.57 bits per heavy atom. The van der Waals surface area contributed by atoms with Crippen molar-refractivity contribution in [2.75, 3.05) is 0 Å². The van der Waals surface area contributed by atoms with Crippen LogP contribution in [-0.2, 0) is 19.5 Å². The van der Waals surface area contributed by atoms with Crippen LogP contribution in [0.5, 0.6) is 0 Å². The summed E-state index contributed by atoms with van der Waals surface area (Å²) in [5, 5.41) is 1.88. The van der Waals surface area contributed by atoms with Gasteiger partial charge in [0.05, 0.1) is 0 Å². The van der Waals surface area contributed by atoms with E-state index in [1.165, 1.54) is 11.3 Å². The number of nitrogens with zero attached hydrogens (tertiary/aromatic N) is 1. The van der Waals surface area contributed by atoms with Crippen molar-refractivity contribution in [2.24, 2.45) is 0 Å². The maximum atomic E-state index is 3.62. The van der Waals surface area contributed by atoms with Gasteiger partial charge in [-0.1, -0.05) is 0 Å². The molecule has 1 nitrogen and oxygen atoms in total. The first-order valence-electron chi connectivity index (χ1n) is 1.25. The molecule has 36 valence electrons. The second-order valence-corrected chi connectivity index (χ2v) is 1.31. The molecule has 0 amide bonds. The molecule has 4 heteroatoms. The zero-order chi connectivity index (χ0) is 3.54. The molecule has 1 aromatic rings. The molecule has 0 radical (unpaired) electrons. The van der Waals surface area contributed by atoms with Gasteiger partial charge in [0.1, 0.15) is 0 Å². The van der Waals surface area contributed by atoms with Crippen LogP contribution in [0.15, 0.2) is 11.6 Å². The van der Waals surface area contributed by atoms with Gasteiger partial charge in [0, 0.05) is 19.5 Å². The van der Waals surface area contributed by atoms with Crippen molar-refractivity contribution in [3.63, 3.8) is 0 Å². The SMILES string of the molecule is Cl.[Zn].[c-]1nccs1. The molecule has 0 aliphatic carbocycles. The van der Waals surface area contributed by atoms with Gasteiger partial charge in [0.25, 0.3) is 0 Å². The molecule has 0 N–H and O–H groups in total. The summed E-state index contributed by atoms with van der Waals surface area (Å²) in [6.45, 7) is 0. The maximum absolute atomic E-state index is 3.62. The normalized spacial score (nSPS) is 5.71. The predicted octanol–water partition coefficient (Wildman–Crippen LogP) is 1.36.